The second-order valence-electron chi connectivity index (χ2n) is 8.36. The summed E-state index contributed by atoms with van der Waals surface area (Å²) in [5.41, 5.74) is 0. The number of hydrogen-bond donors (Lipinski definition) is 6. The van der Waals surface area contributed by atoms with Crippen LogP contribution in [0.15, 0.2) is 0 Å². The van der Waals surface area contributed by atoms with Gasteiger partial charge < -0.3 is 51.5 Å². The Kier molecular flexibility index (Phi) is 16.3. The molecule has 0 aliphatic heterocycles. The Labute approximate surface area is 213 Å². The smallest absolute Gasteiger partial charge is 0.398 e. The molecule has 0 saturated carbocycles. The molecule has 0 saturated heterocycles. The third-order valence-corrected chi connectivity index (χ3v) is 14.6. The fraction of sp³-hybridized carbons (Fsp3) is 1.00. The van der Waals surface area contributed by atoms with Crippen LogP contribution in [0.4, 0.5) is 0 Å². The van der Waals surface area contributed by atoms with Crippen molar-refractivity contribution < 1.29 is 65.2 Å². The zero-order chi connectivity index (χ0) is 28.3. The number of rotatable bonds is 21. The van der Waals surface area contributed by atoms with E-state index in [4.69, 9.17) is 22.1 Å². The highest BCUT2D eigenvalue weighted by molar-refractivity contribution is 7.52. The van der Waals surface area contributed by atoms with Gasteiger partial charge in [0.15, 0.2) is 0 Å². The van der Waals surface area contributed by atoms with Gasteiger partial charge in [-0.1, -0.05) is 0 Å². The predicted octanol–water partition coefficient (Wildman–Crippen LogP) is 0.347. The molecule has 0 heterocycles. The normalized spacial score (nSPS) is 15.6. The van der Waals surface area contributed by atoms with Gasteiger partial charge in [-0.2, -0.15) is 0 Å². The van der Waals surface area contributed by atoms with Crippen molar-refractivity contribution >= 4 is 40.2 Å². The summed E-state index contributed by atoms with van der Waals surface area (Å²) < 4.78 is 62.2. The molecule has 36 heavy (non-hydrogen) atoms. The van der Waals surface area contributed by atoms with Crippen molar-refractivity contribution in [3.63, 3.8) is 0 Å². The maximum Gasteiger partial charge on any atom is 0.491 e. The van der Waals surface area contributed by atoms with Crippen molar-refractivity contribution in [2.24, 2.45) is 0 Å². The van der Waals surface area contributed by atoms with Crippen molar-refractivity contribution in [3.8, 4) is 0 Å². The SMILES string of the molecule is COCN(CCC[Si](OC)(OC)O[Si](C)(CCCN(CP(=O)(O)O)CP(=O)(O)O)OC)CP(=O)(O)O. The second kappa shape index (κ2) is 16.0. The minimum atomic E-state index is -4.54. The lowest BCUT2D eigenvalue weighted by Gasteiger charge is -2.36. The van der Waals surface area contributed by atoms with E-state index in [1.54, 1.807) is 6.55 Å². The van der Waals surface area contributed by atoms with E-state index in [1.165, 1.54) is 33.3 Å². The first kappa shape index (κ1) is 36.6. The highest BCUT2D eigenvalue weighted by Crippen LogP contribution is 2.41. The largest absolute Gasteiger partial charge is 0.491 e. The van der Waals surface area contributed by atoms with Crippen molar-refractivity contribution in [2.45, 2.75) is 31.5 Å². The zero-order valence-corrected chi connectivity index (χ0v) is 25.9. The predicted molar refractivity (Wildman–Crippen MR) is 134 cm³/mol. The summed E-state index contributed by atoms with van der Waals surface area (Å²) in [5.74, 6) is 0. The van der Waals surface area contributed by atoms with Gasteiger partial charge in [0.25, 0.3) is 0 Å². The third-order valence-electron chi connectivity index (χ3n) is 4.95. The van der Waals surface area contributed by atoms with E-state index in [1.807, 2.05) is 0 Å². The lowest BCUT2D eigenvalue weighted by molar-refractivity contribution is 0.0700. The third kappa shape index (κ3) is 17.2. The number of ether oxygens (including phenoxy) is 1. The molecule has 0 aromatic heterocycles. The second-order valence-corrected chi connectivity index (χ2v) is 19.9. The minimum absolute atomic E-state index is 0.0186. The molecular formula is C15H41N2O14P3Si2. The molecule has 0 spiro atoms. The first-order valence-corrected chi connectivity index (χ1v) is 20.6. The first-order valence-electron chi connectivity index (χ1n) is 10.7. The molecule has 16 nitrogen and oxygen atoms in total. The Morgan fingerprint density at radius 3 is 1.47 bits per heavy atom. The molecule has 0 rings (SSSR count). The van der Waals surface area contributed by atoms with Crippen LogP contribution in [0.2, 0.25) is 18.6 Å². The summed E-state index contributed by atoms with van der Waals surface area (Å²) >= 11 is 0. The average molecular weight is 623 g/mol. The maximum atomic E-state index is 11.4. The molecule has 218 valence electrons. The van der Waals surface area contributed by atoms with Crippen LogP contribution in [0, 0.1) is 0 Å². The number of nitrogens with zero attached hydrogens (tertiary/aromatic N) is 2. The molecular weight excluding hydrogens is 581 g/mol. The van der Waals surface area contributed by atoms with Crippen LogP contribution >= 0.6 is 22.8 Å². The minimum Gasteiger partial charge on any atom is -0.398 e. The fourth-order valence-electron chi connectivity index (χ4n) is 3.41. The van der Waals surface area contributed by atoms with Gasteiger partial charge in [0.05, 0.1) is 6.73 Å². The quantitative estimate of drug-likeness (QED) is 0.0577. The Hall–Kier alpha value is 0.604. The van der Waals surface area contributed by atoms with Crippen molar-refractivity contribution in [3.05, 3.63) is 0 Å². The summed E-state index contributed by atoms with van der Waals surface area (Å²) in [4.78, 5) is 57.8. The topological polar surface area (TPSA) is 225 Å². The maximum absolute atomic E-state index is 11.4. The Morgan fingerprint density at radius 1 is 0.667 bits per heavy atom. The first-order chi connectivity index (χ1) is 16.3. The molecule has 0 aromatic carbocycles. The highest BCUT2D eigenvalue weighted by atomic mass is 31.2. The van der Waals surface area contributed by atoms with E-state index >= 15 is 0 Å². The Bertz CT molecular complexity index is 753. The molecule has 1 unspecified atom stereocenters. The lowest BCUT2D eigenvalue weighted by atomic mass is 10.4. The van der Waals surface area contributed by atoms with E-state index in [0.29, 0.717) is 18.5 Å². The molecule has 0 aromatic rings. The van der Waals surface area contributed by atoms with E-state index in [-0.39, 0.29) is 26.2 Å². The molecule has 0 aliphatic carbocycles. The molecule has 0 aliphatic rings. The molecule has 21 heteroatoms. The molecule has 1 atom stereocenters. The molecule has 0 amide bonds. The van der Waals surface area contributed by atoms with Gasteiger partial charge in [0, 0.05) is 41.0 Å². The van der Waals surface area contributed by atoms with E-state index in [0.717, 1.165) is 4.90 Å². The van der Waals surface area contributed by atoms with Crippen LogP contribution in [0.5, 0.6) is 0 Å². The fourth-order valence-corrected chi connectivity index (χ4v) is 12.5. The average Bonchev–Trinajstić information content (AvgIpc) is 2.69. The van der Waals surface area contributed by atoms with E-state index in [9.17, 15) is 43.1 Å². The van der Waals surface area contributed by atoms with Gasteiger partial charge in [-0.25, -0.2) is 0 Å². The van der Waals surface area contributed by atoms with Gasteiger partial charge in [-0.15, -0.1) is 0 Å². The standard InChI is InChI=1S/C15H41N2O14P3Si2/c1-27-12-16(13-32(18,19)20)8-7-11-36(29-3,30-4)31-35(5,28-2)10-6-9-17(14-33(21,22)23)15-34(24,25)26/h6-15H2,1-5H3,(H2,18,19,20)(H2,21,22,23)(H2,24,25,26). The molecule has 0 fully saturated rings. The van der Waals surface area contributed by atoms with E-state index < -0.39 is 59.0 Å². The summed E-state index contributed by atoms with van der Waals surface area (Å²) in [6, 6.07) is 0.605. The van der Waals surface area contributed by atoms with Crippen LogP contribution in [0.1, 0.15) is 12.8 Å². The van der Waals surface area contributed by atoms with Gasteiger partial charge in [-0.05, 0) is 32.0 Å². The van der Waals surface area contributed by atoms with Crippen LogP contribution in [0.25, 0.3) is 0 Å². The van der Waals surface area contributed by atoms with Crippen LogP contribution in [-0.2, 0) is 35.8 Å². The molecule has 0 radical (unpaired) electrons. The summed E-state index contributed by atoms with van der Waals surface area (Å²) in [6.45, 7) is 2.02. The van der Waals surface area contributed by atoms with Crippen LogP contribution < -0.4 is 0 Å². The Morgan fingerprint density at radius 2 is 1.08 bits per heavy atom. The van der Waals surface area contributed by atoms with Gasteiger partial charge in [0.2, 0.25) is 0 Å². The van der Waals surface area contributed by atoms with E-state index in [2.05, 4.69) is 0 Å². The van der Waals surface area contributed by atoms with Crippen LogP contribution in [0.3, 0.4) is 0 Å². The lowest BCUT2D eigenvalue weighted by Crippen LogP contribution is -2.54. The monoisotopic (exact) mass is 622 g/mol. The van der Waals surface area contributed by atoms with Gasteiger partial charge in [-0.3, -0.25) is 23.5 Å². The Balaban J connectivity index is 5.24. The highest BCUT2D eigenvalue weighted by Gasteiger charge is 2.47. The van der Waals surface area contributed by atoms with Gasteiger partial charge >= 0.3 is 40.2 Å². The van der Waals surface area contributed by atoms with Crippen LogP contribution in [-0.4, -0.2) is 124 Å². The summed E-state index contributed by atoms with van der Waals surface area (Å²) in [7, 11) is -13.9. The van der Waals surface area contributed by atoms with Gasteiger partial charge in [0.1, 0.15) is 18.9 Å². The molecule has 0 bridgehead atoms. The van der Waals surface area contributed by atoms with Crippen molar-refractivity contribution in [2.75, 3.05) is 67.1 Å². The summed E-state index contributed by atoms with van der Waals surface area (Å²) in [5, 5.41) is 0. The zero-order valence-electron chi connectivity index (χ0n) is 21.3. The van der Waals surface area contributed by atoms with Crippen molar-refractivity contribution in [1.82, 2.24) is 9.80 Å². The number of hydrogen-bond acceptors (Lipinski definition) is 10. The number of methoxy groups -OCH3 is 1. The summed E-state index contributed by atoms with van der Waals surface area (Å²) in [6.07, 6.45) is -1.40. The molecule has 6 N–H and O–H groups in total. The van der Waals surface area contributed by atoms with Crippen molar-refractivity contribution in [1.29, 1.82) is 0 Å².